The van der Waals surface area contributed by atoms with Gasteiger partial charge in [0.2, 0.25) is 0 Å². The summed E-state index contributed by atoms with van der Waals surface area (Å²) in [6.07, 6.45) is 0. The molecular formula is C10H6BrClN4. The molecule has 80 valence electrons. The predicted molar refractivity (Wildman–Crippen MR) is 65.7 cm³/mol. The van der Waals surface area contributed by atoms with E-state index in [1.54, 1.807) is 6.07 Å². The van der Waals surface area contributed by atoms with Gasteiger partial charge in [-0.2, -0.15) is 0 Å². The molecule has 0 saturated carbocycles. The number of halogens is 2. The second-order valence-electron chi connectivity index (χ2n) is 3.46. The summed E-state index contributed by atoms with van der Waals surface area (Å²) in [5, 5.41) is 8.94. The van der Waals surface area contributed by atoms with Gasteiger partial charge in [-0.15, -0.1) is 10.2 Å². The van der Waals surface area contributed by atoms with E-state index in [1.807, 2.05) is 23.5 Å². The fourth-order valence-electron chi connectivity index (χ4n) is 1.68. The van der Waals surface area contributed by atoms with Crippen LogP contribution in [0.2, 0.25) is 5.02 Å². The summed E-state index contributed by atoms with van der Waals surface area (Å²) < 4.78 is 2.60. The normalized spacial score (nSPS) is 11.4. The fraction of sp³-hybridized carbons (Fsp3) is 0.100. The van der Waals surface area contributed by atoms with Gasteiger partial charge in [0.15, 0.2) is 10.4 Å². The number of aromatic nitrogens is 4. The Labute approximate surface area is 104 Å². The first-order valence-corrected chi connectivity index (χ1v) is 5.80. The number of hydrogen-bond acceptors (Lipinski definition) is 3. The predicted octanol–water partition coefficient (Wildman–Crippen LogP) is 3.00. The third-order valence-electron chi connectivity index (χ3n) is 2.41. The molecule has 0 amide bonds. The molecule has 3 rings (SSSR count). The molecule has 6 heteroatoms. The summed E-state index contributed by atoms with van der Waals surface area (Å²) >= 11 is 9.39. The van der Waals surface area contributed by atoms with E-state index in [0.717, 1.165) is 22.4 Å². The second-order valence-corrected chi connectivity index (χ2v) is 4.60. The van der Waals surface area contributed by atoms with E-state index < -0.39 is 0 Å². The van der Waals surface area contributed by atoms with E-state index in [0.29, 0.717) is 9.76 Å². The molecule has 0 bridgehead atoms. The molecular weight excluding hydrogens is 291 g/mol. The largest absolute Gasteiger partial charge is 0.268 e. The molecule has 16 heavy (non-hydrogen) atoms. The molecule has 2 aromatic heterocycles. The van der Waals surface area contributed by atoms with Crippen LogP contribution in [-0.4, -0.2) is 19.6 Å². The number of hydrogen-bond donors (Lipinski definition) is 0. The molecule has 0 fully saturated rings. The van der Waals surface area contributed by atoms with Crippen LogP contribution in [0.25, 0.3) is 16.7 Å². The topological polar surface area (TPSA) is 43.1 Å². The summed E-state index contributed by atoms with van der Waals surface area (Å²) in [4.78, 5) is 4.30. The zero-order valence-electron chi connectivity index (χ0n) is 8.28. The fourth-order valence-corrected chi connectivity index (χ4v) is 2.47. The van der Waals surface area contributed by atoms with Crippen molar-refractivity contribution in [3.05, 3.63) is 33.6 Å². The van der Waals surface area contributed by atoms with Crippen molar-refractivity contribution >= 4 is 44.2 Å². The van der Waals surface area contributed by atoms with Gasteiger partial charge in [0.25, 0.3) is 0 Å². The van der Waals surface area contributed by atoms with Gasteiger partial charge in [-0.3, -0.25) is 4.40 Å². The summed E-state index contributed by atoms with van der Waals surface area (Å²) in [6, 6.07) is 5.48. The summed E-state index contributed by atoms with van der Waals surface area (Å²) in [6.45, 7) is 1.89. The van der Waals surface area contributed by atoms with Crippen LogP contribution in [0.4, 0.5) is 0 Å². The quantitative estimate of drug-likeness (QED) is 0.640. The molecule has 2 heterocycles. The van der Waals surface area contributed by atoms with Crippen molar-refractivity contribution in [3.63, 3.8) is 0 Å². The van der Waals surface area contributed by atoms with Crippen molar-refractivity contribution in [1.82, 2.24) is 19.6 Å². The van der Waals surface area contributed by atoms with E-state index >= 15 is 0 Å². The second kappa shape index (κ2) is 3.40. The molecule has 0 aliphatic heterocycles. The lowest BCUT2D eigenvalue weighted by atomic mass is 10.3. The highest BCUT2D eigenvalue weighted by molar-refractivity contribution is 9.10. The monoisotopic (exact) mass is 296 g/mol. The molecule has 0 saturated heterocycles. The van der Waals surface area contributed by atoms with Crippen LogP contribution >= 0.6 is 27.5 Å². The van der Waals surface area contributed by atoms with Crippen molar-refractivity contribution in [2.24, 2.45) is 0 Å². The highest BCUT2D eigenvalue weighted by Crippen LogP contribution is 2.23. The molecule has 3 aromatic rings. The van der Waals surface area contributed by atoms with Gasteiger partial charge in [0.1, 0.15) is 5.52 Å². The number of rotatable bonds is 0. The Morgan fingerprint density at radius 2 is 2.12 bits per heavy atom. The Kier molecular flexibility index (Phi) is 2.12. The van der Waals surface area contributed by atoms with Crippen molar-refractivity contribution in [2.45, 2.75) is 6.92 Å². The number of aryl methyl sites for hydroxylation is 1. The van der Waals surface area contributed by atoms with Crippen molar-refractivity contribution in [3.8, 4) is 0 Å². The molecule has 0 aliphatic rings. The van der Waals surface area contributed by atoms with E-state index in [4.69, 9.17) is 11.6 Å². The van der Waals surface area contributed by atoms with Crippen LogP contribution in [0.15, 0.2) is 22.9 Å². The first-order valence-electron chi connectivity index (χ1n) is 4.63. The lowest BCUT2D eigenvalue weighted by molar-refractivity contribution is 1.03. The first kappa shape index (κ1) is 9.99. The Balaban J connectivity index is 2.61. The summed E-state index contributed by atoms with van der Waals surface area (Å²) in [7, 11) is 0. The minimum absolute atomic E-state index is 0.667. The standard InChI is InChI=1S/C10H6BrClN4/c1-5-9-15-14-7-3-2-6(12)4-8(7)16(9)10(11)13-5/h2-4H,1H3. The highest BCUT2D eigenvalue weighted by atomic mass is 79.9. The van der Waals surface area contributed by atoms with Gasteiger partial charge in [0.05, 0.1) is 11.2 Å². The maximum absolute atomic E-state index is 5.98. The molecule has 0 N–H and O–H groups in total. The van der Waals surface area contributed by atoms with Crippen LogP contribution in [0, 0.1) is 6.92 Å². The average Bonchev–Trinajstić information content (AvgIpc) is 2.54. The van der Waals surface area contributed by atoms with E-state index in [9.17, 15) is 0 Å². The minimum atomic E-state index is 0.667. The van der Waals surface area contributed by atoms with E-state index in [1.165, 1.54) is 0 Å². The highest BCUT2D eigenvalue weighted by Gasteiger charge is 2.11. The van der Waals surface area contributed by atoms with Gasteiger partial charge in [-0.1, -0.05) is 11.6 Å². The minimum Gasteiger partial charge on any atom is -0.268 e. The van der Waals surface area contributed by atoms with Gasteiger partial charge in [-0.25, -0.2) is 4.98 Å². The maximum atomic E-state index is 5.98. The van der Waals surface area contributed by atoms with Crippen molar-refractivity contribution < 1.29 is 0 Å². The molecule has 0 atom stereocenters. The summed E-state index contributed by atoms with van der Waals surface area (Å²) in [5.41, 5.74) is 3.25. The lowest BCUT2D eigenvalue weighted by Gasteiger charge is -2.01. The molecule has 0 radical (unpaired) electrons. The zero-order chi connectivity index (χ0) is 11.3. The van der Waals surface area contributed by atoms with Crippen LogP contribution in [0.5, 0.6) is 0 Å². The Bertz CT molecular complexity index is 707. The van der Waals surface area contributed by atoms with Gasteiger partial charge in [0, 0.05) is 5.02 Å². The molecule has 1 aromatic carbocycles. The third-order valence-corrected chi connectivity index (χ3v) is 3.18. The lowest BCUT2D eigenvalue weighted by Crippen LogP contribution is -1.95. The Hall–Kier alpha value is -1.20. The Morgan fingerprint density at radius 1 is 1.31 bits per heavy atom. The molecule has 4 nitrogen and oxygen atoms in total. The van der Waals surface area contributed by atoms with Crippen molar-refractivity contribution in [1.29, 1.82) is 0 Å². The van der Waals surface area contributed by atoms with Gasteiger partial charge >= 0.3 is 0 Å². The van der Waals surface area contributed by atoms with E-state index in [2.05, 4.69) is 31.1 Å². The van der Waals surface area contributed by atoms with Crippen molar-refractivity contribution in [2.75, 3.05) is 0 Å². The van der Waals surface area contributed by atoms with Gasteiger partial charge < -0.3 is 0 Å². The number of fused-ring (bicyclic) bond motifs is 3. The Morgan fingerprint density at radius 3 is 2.94 bits per heavy atom. The van der Waals surface area contributed by atoms with Crippen LogP contribution < -0.4 is 0 Å². The van der Waals surface area contributed by atoms with Crippen LogP contribution in [0.1, 0.15) is 5.69 Å². The molecule has 0 unspecified atom stereocenters. The SMILES string of the molecule is Cc1nc(Br)n2c1nnc1ccc(Cl)cc12. The van der Waals surface area contributed by atoms with E-state index in [-0.39, 0.29) is 0 Å². The van der Waals surface area contributed by atoms with Crippen LogP contribution in [0.3, 0.4) is 0 Å². The third kappa shape index (κ3) is 1.32. The number of imidazole rings is 1. The molecule has 0 spiro atoms. The van der Waals surface area contributed by atoms with Crippen LogP contribution in [-0.2, 0) is 0 Å². The summed E-state index contributed by atoms with van der Waals surface area (Å²) in [5.74, 6) is 0. The number of nitrogens with zero attached hydrogens (tertiary/aromatic N) is 4. The maximum Gasteiger partial charge on any atom is 0.183 e. The zero-order valence-corrected chi connectivity index (χ0v) is 10.6. The number of benzene rings is 1. The first-order chi connectivity index (χ1) is 7.66. The smallest absolute Gasteiger partial charge is 0.183 e. The molecule has 0 aliphatic carbocycles. The van der Waals surface area contributed by atoms with Gasteiger partial charge in [-0.05, 0) is 41.1 Å². The average molecular weight is 298 g/mol.